The SMILES string of the molecule is Cn1cc(C(=O)NCC2CCN(C(=O)Cc3cccc(C(=O)O)c3)CC2)cn1. The minimum absolute atomic E-state index is 0.000356. The normalized spacial score (nSPS) is 14.7. The van der Waals surface area contributed by atoms with Crippen molar-refractivity contribution in [1.82, 2.24) is 20.0 Å². The van der Waals surface area contributed by atoms with E-state index < -0.39 is 5.97 Å². The summed E-state index contributed by atoms with van der Waals surface area (Å²) in [7, 11) is 1.77. The molecule has 2 heterocycles. The highest BCUT2D eigenvalue weighted by Gasteiger charge is 2.23. The summed E-state index contributed by atoms with van der Waals surface area (Å²) in [5.41, 5.74) is 1.43. The van der Waals surface area contributed by atoms with E-state index in [4.69, 9.17) is 5.11 Å². The molecule has 0 unspecified atom stereocenters. The molecule has 1 fully saturated rings. The van der Waals surface area contributed by atoms with Crippen LogP contribution < -0.4 is 5.32 Å². The Bertz CT molecular complexity index is 869. The lowest BCUT2D eigenvalue weighted by Crippen LogP contribution is -2.42. The number of likely N-dealkylation sites (tertiary alicyclic amines) is 1. The number of nitrogens with zero attached hydrogens (tertiary/aromatic N) is 3. The first-order chi connectivity index (χ1) is 13.4. The van der Waals surface area contributed by atoms with E-state index in [9.17, 15) is 14.4 Å². The predicted octanol–water partition coefficient (Wildman–Crippen LogP) is 1.33. The Morgan fingerprint density at radius 1 is 1.21 bits per heavy atom. The molecule has 1 saturated heterocycles. The molecule has 148 valence electrons. The number of carboxylic acid groups (broad SMARTS) is 1. The van der Waals surface area contributed by atoms with Crippen molar-refractivity contribution in [2.45, 2.75) is 19.3 Å². The molecule has 0 bridgehead atoms. The zero-order valence-corrected chi connectivity index (χ0v) is 15.8. The molecule has 0 saturated carbocycles. The fraction of sp³-hybridized carbons (Fsp3) is 0.400. The van der Waals surface area contributed by atoms with E-state index in [1.54, 1.807) is 36.1 Å². The minimum Gasteiger partial charge on any atom is -0.478 e. The lowest BCUT2D eigenvalue weighted by atomic mass is 9.96. The zero-order valence-electron chi connectivity index (χ0n) is 15.8. The molecule has 0 spiro atoms. The van der Waals surface area contributed by atoms with E-state index in [0.717, 1.165) is 12.8 Å². The van der Waals surface area contributed by atoms with Gasteiger partial charge < -0.3 is 15.3 Å². The Morgan fingerprint density at radius 3 is 2.61 bits per heavy atom. The average Bonchev–Trinajstić information content (AvgIpc) is 3.13. The number of rotatable bonds is 6. The van der Waals surface area contributed by atoms with Gasteiger partial charge in [0.25, 0.3) is 5.91 Å². The summed E-state index contributed by atoms with van der Waals surface area (Å²) in [5.74, 6) is -0.797. The van der Waals surface area contributed by atoms with Crippen LogP contribution in [0.3, 0.4) is 0 Å². The lowest BCUT2D eigenvalue weighted by Gasteiger charge is -2.32. The first-order valence-electron chi connectivity index (χ1n) is 9.29. The van der Waals surface area contributed by atoms with Crippen LogP contribution in [-0.4, -0.2) is 57.2 Å². The number of amides is 2. The van der Waals surface area contributed by atoms with E-state index in [1.165, 1.54) is 12.3 Å². The smallest absolute Gasteiger partial charge is 0.335 e. The number of piperidine rings is 1. The van der Waals surface area contributed by atoms with Crippen LogP contribution in [0.1, 0.15) is 39.1 Å². The maximum atomic E-state index is 12.5. The summed E-state index contributed by atoms with van der Waals surface area (Å²) >= 11 is 0. The Morgan fingerprint density at radius 2 is 1.96 bits per heavy atom. The molecule has 1 aliphatic rings. The second-order valence-corrected chi connectivity index (χ2v) is 7.12. The van der Waals surface area contributed by atoms with Crippen molar-refractivity contribution in [3.63, 3.8) is 0 Å². The molecular weight excluding hydrogens is 360 g/mol. The van der Waals surface area contributed by atoms with E-state index >= 15 is 0 Å². The number of carbonyl (C=O) groups excluding carboxylic acids is 2. The van der Waals surface area contributed by atoms with Crippen LogP contribution in [0.15, 0.2) is 36.7 Å². The van der Waals surface area contributed by atoms with Gasteiger partial charge in [-0.3, -0.25) is 14.3 Å². The van der Waals surface area contributed by atoms with Crippen LogP contribution in [0, 0.1) is 5.92 Å². The van der Waals surface area contributed by atoms with Gasteiger partial charge in [0.2, 0.25) is 5.91 Å². The molecule has 1 aromatic heterocycles. The Labute approximate surface area is 163 Å². The van der Waals surface area contributed by atoms with Crippen molar-refractivity contribution in [3.05, 3.63) is 53.3 Å². The van der Waals surface area contributed by atoms with Gasteiger partial charge in [0, 0.05) is 32.9 Å². The van der Waals surface area contributed by atoms with Crippen molar-refractivity contribution in [2.24, 2.45) is 13.0 Å². The van der Waals surface area contributed by atoms with Crippen LogP contribution in [-0.2, 0) is 18.3 Å². The highest BCUT2D eigenvalue weighted by atomic mass is 16.4. The van der Waals surface area contributed by atoms with Crippen molar-refractivity contribution >= 4 is 17.8 Å². The predicted molar refractivity (Wildman–Crippen MR) is 102 cm³/mol. The van der Waals surface area contributed by atoms with Crippen molar-refractivity contribution in [2.75, 3.05) is 19.6 Å². The molecule has 0 aliphatic carbocycles. The highest BCUT2D eigenvalue weighted by molar-refractivity contribution is 5.93. The first kappa shape index (κ1) is 19.6. The maximum Gasteiger partial charge on any atom is 0.335 e. The zero-order chi connectivity index (χ0) is 20.1. The molecule has 2 amide bonds. The van der Waals surface area contributed by atoms with Gasteiger partial charge in [0.05, 0.1) is 23.7 Å². The van der Waals surface area contributed by atoms with E-state index in [2.05, 4.69) is 10.4 Å². The molecule has 1 aliphatic heterocycles. The third-order valence-corrected chi connectivity index (χ3v) is 5.01. The van der Waals surface area contributed by atoms with E-state index in [-0.39, 0.29) is 23.8 Å². The standard InChI is InChI=1S/C20H24N4O4/c1-23-13-17(12-22-23)19(26)21-11-14-5-7-24(8-6-14)18(25)10-15-3-2-4-16(9-15)20(27)28/h2-4,9,12-14H,5-8,10-11H2,1H3,(H,21,26)(H,27,28). The largest absolute Gasteiger partial charge is 0.478 e. The molecule has 0 radical (unpaired) electrons. The third-order valence-electron chi connectivity index (χ3n) is 5.01. The average molecular weight is 384 g/mol. The number of aromatic nitrogens is 2. The number of benzene rings is 1. The van der Waals surface area contributed by atoms with Crippen molar-refractivity contribution in [3.8, 4) is 0 Å². The van der Waals surface area contributed by atoms with Gasteiger partial charge >= 0.3 is 5.97 Å². The number of nitrogens with one attached hydrogen (secondary N) is 1. The van der Waals surface area contributed by atoms with Gasteiger partial charge in [-0.1, -0.05) is 12.1 Å². The summed E-state index contributed by atoms with van der Waals surface area (Å²) in [6.45, 7) is 1.87. The second-order valence-electron chi connectivity index (χ2n) is 7.12. The summed E-state index contributed by atoms with van der Waals surface area (Å²) in [6, 6.07) is 6.48. The topological polar surface area (TPSA) is 105 Å². The molecule has 8 heteroatoms. The van der Waals surface area contributed by atoms with E-state index in [1.807, 2.05) is 4.90 Å². The summed E-state index contributed by atoms with van der Waals surface area (Å²) in [4.78, 5) is 37.4. The molecule has 0 atom stereocenters. The fourth-order valence-corrected chi connectivity index (χ4v) is 3.36. The van der Waals surface area contributed by atoms with Gasteiger partial charge in [-0.15, -0.1) is 0 Å². The summed E-state index contributed by atoms with van der Waals surface area (Å²) in [6.07, 6.45) is 5.07. The maximum absolute atomic E-state index is 12.5. The van der Waals surface area contributed by atoms with E-state index in [0.29, 0.717) is 36.7 Å². The van der Waals surface area contributed by atoms with Gasteiger partial charge in [-0.05, 0) is 36.5 Å². The molecule has 1 aromatic carbocycles. The molecule has 28 heavy (non-hydrogen) atoms. The quantitative estimate of drug-likeness (QED) is 0.782. The molecule has 2 N–H and O–H groups in total. The highest BCUT2D eigenvalue weighted by Crippen LogP contribution is 2.18. The van der Waals surface area contributed by atoms with Crippen LogP contribution in [0.2, 0.25) is 0 Å². The molecule has 2 aromatic rings. The number of aryl methyl sites for hydroxylation is 1. The van der Waals surface area contributed by atoms with Gasteiger partial charge in [0.15, 0.2) is 0 Å². The number of carboxylic acids is 1. The number of hydrogen-bond acceptors (Lipinski definition) is 4. The first-order valence-corrected chi connectivity index (χ1v) is 9.29. The molecule has 8 nitrogen and oxygen atoms in total. The lowest BCUT2D eigenvalue weighted by molar-refractivity contribution is -0.131. The van der Waals surface area contributed by atoms with Crippen molar-refractivity contribution < 1.29 is 19.5 Å². The number of carbonyl (C=O) groups is 3. The van der Waals surface area contributed by atoms with Crippen LogP contribution in [0.25, 0.3) is 0 Å². The van der Waals surface area contributed by atoms with Gasteiger partial charge in [0.1, 0.15) is 0 Å². The summed E-state index contributed by atoms with van der Waals surface area (Å²) < 4.78 is 1.59. The second kappa shape index (κ2) is 8.69. The Balaban J connectivity index is 1.44. The Kier molecular flexibility index (Phi) is 6.08. The van der Waals surface area contributed by atoms with Crippen LogP contribution in [0.5, 0.6) is 0 Å². The number of hydrogen-bond donors (Lipinski definition) is 2. The van der Waals surface area contributed by atoms with Crippen molar-refractivity contribution in [1.29, 1.82) is 0 Å². The third kappa shape index (κ3) is 4.97. The summed E-state index contributed by atoms with van der Waals surface area (Å²) in [5, 5.41) is 16.0. The van der Waals surface area contributed by atoms with Gasteiger partial charge in [-0.25, -0.2) is 4.79 Å². The minimum atomic E-state index is -0.997. The van der Waals surface area contributed by atoms with Crippen LogP contribution in [0.4, 0.5) is 0 Å². The molecule has 3 rings (SSSR count). The molecular formula is C20H24N4O4. The monoisotopic (exact) mass is 384 g/mol. The fourth-order valence-electron chi connectivity index (χ4n) is 3.36. The number of aromatic carboxylic acids is 1. The Hall–Kier alpha value is -3.16. The van der Waals surface area contributed by atoms with Crippen LogP contribution >= 0.6 is 0 Å². The van der Waals surface area contributed by atoms with Gasteiger partial charge in [-0.2, -0.15) is 5.10 Å².